The zero-order valence-corrected chi connectivity index (χ0v) is 14.5. The lowest BCUT2D eigenvalue weighted by Crippen LogP contribution is -2.47. The molecule has 1 aliphatic rings. The second-order valence-electron chi connectivity index (χ2n) is 6.52. The van der Waals surface area contributed by atoms with E-state index < -0.39 is 0 Å². The molecule has 1 N–H and O–H groups in total. The summed E-state index contributed by atoms with van der Waals surface area (Å²) in [6, 6.07) is 10.7. The fourth-order valence-electron chi connectivity index (χ4n) is 3.28. The first-order valence-corrected chi connectivity index (χ1v) is 8.59. The fourth-order valence-corrected chi connectivity index (χ4v) is 3.28. The first kappa shape index (κ1) is 16.9. The van der Waals surface area contributed by atoms with Gasteiger partial charge in [0, 0.05) is 50.7 Å². The van der Waals surface area contributed by atoms with E-state index in [1.807, 2.05) is 24.5 Å². The van der Waals surface area contributed by atoms with E-state index in [2.05, 4.69) is 45.3 Å². The normalized spacial score (nSPS) is 21.6. The van der Waals surface area contributed by atoms with Crippen molar-refractivity contribution >= 4 is 0 Å². The first-order valence-electron chi connectivity index (χ1n) is 8.59. The summed E-state index contributed by atoms with van der Waals surface area (Å²) >= 11 is 0. The monoisotopic (exact) mass is 326 g/mol. The molecule has 5 heteroatoms. The van der Waals surface area contributed by atoms with Gasteiger partial charge in [-0.15, -0.1) is 0 Å². The van der Waals surface area contributed by atoms with Crippen molar-refractivity contribution in [2.75, 3.05) is 20.2 Å². The van der Waals surface area contributed by atoms with Crippen LogP contribution in [0.4, 0.5) is 0 Å². The predicted octanol–water partition coefficient (Wildman–Crippen LogP) is 2.49. The van der Waals surface area contributed by atoms with Gasteiger partial charge in [-0.3, -0.25) is 9.88 Å². The zero-order chi connectivity index (χ0) is 16.8. The molecule has 24 heavy (non-hydrogen) atoms. The molecule has 0 radical (unpaired) electrons. The van der Waals surface area contributed by atoms with Crippen LogP contribution in [-0.2, 0) is 13.1 Å². The van der Waals surface area contributed by atoms with E-state index in [0.717, 1.165) is 38.3 Å². The Morgan fingerprint density at radius 2 is 2.17 bits per heavy atom. The lowest BCUT2D eigenvalue weighted by Gasteiger charge is -2.37. The molecule has 0 unspecified atom stereocenters. The Morgan fingerprint density at radius 1 is 1.25 bits per heavy atom. The highest BCUT2D eigenvalue weighted by Gasteiger charge is 2.25. The van der Waals surface area contributed by atoms with Gasteiger partial charge in [-0.2, -0.15) is 0 Å². The van der Waals surface area contributed by atoms with Crippen molar-refractivity contribution < 1.29 is 4.74 Å². The van der Waals surface area contributed by atoms with Gasteiger partial charge in [0.2, 0.25) is 5.88 Å². The number of pyridine rings is 2. The number of rotatable bonds is 6. The van der Waals surface area contributed by atoms with Crippen LogP contribution < -0.4 is 10.1 Å². The number of ether oxygens (including phenoxy) is 1. The second-order valence-corrected chi connectivity index (χ2v) is 6.52. The van der Waals surface area contributed by atoms with Crippen LogP contribution in [0.2, 0.25) is 0 Å². The minimum atomic E-state index is 0.548. The van der Waals surface area contributed by atoms with Crippen molar-refractivity contribution in [1.29, 1.82) is 0 Å². The quantitative estimate of drug-likeness (QED) is 0.884. The van der Waals surface area contributed by atoms with Crippen molar-refractivity contribution in [1.82, 2.24) is 20.2 Å². The van der Waals surface area contributed by atoms with Crippen LogP contribution in [0.5, 0.6) is 5.88 Å². The number of methoxy groups -OCH3 is 1. The molecule has 3 rings (SSSR count). The summed E-state index contributed by atoms with van der Waals surface area (Å²) < 4.78 is 5.10. The molecule has 128 valence electrons. The summed E-state index contributed by atoms with van der Waals surface area (Å²) in [7, 11) is 1.64. The van der Waals surface area contributed by atoms with Gasteiger partial charge < -0.3 is 10.1 Å². The molecule has 1 fully saturated rings. The van der Waals surface area contributed by atoms with Gasteiger partial charge >= 0.3 is 0 Å². The third-order valence-electron chi connectivity index (χ3n) is 4.68. The number of hydrogen-bond donors (Lipinski definition) is 1. The first-order chi connectivity index (χ1) is 11.7. The van der Waals surface area contributed by atoms with Crippen LogP contribution >= 0.6 is 0 Å². The van der Waals surface area contributed by atoms with E-state index in [0.29, 0.717) is 17.8 Å². The van der Waals surface area contributed by atoms with Crippen molar-refractivity contribution in [3.05, 3.63) is 54.0 Å². The molecule has 0 spiro atoms. The van der Waals surface area contributed by atoms with Gasteiger partial charge in [0.05, 0.1) is 12.8 Å². The maximum absolute atomic E-state index is 5.10. The minimum Gasteiger partial charge on any atom is -0.481 e. The minimum absolute atomic E-state index is 0.548. The summed E-state index contributed by atoms with van der Waals surface area (Å²) in [5, 5.41) is 3.69. The predicted molar refractivity (Wildman–Crippen MR) is 94.7 cm³/mol. The van der Waals surface area contributed by atoms with Gasteiger partial charge in [0.15, 0.2) is 0 Å². The Hall–Kier alpha value is -1.98. The maximum atomic E-state index is 5.10. The maximum Gasteiger partial charge on any atom is 0.212 e. The Bertz CT molecular complexity index is 617. The van der Waals surface area contributed by atoms with Crippen LogP contribution in [-0.4, -0.2) is 41.1 Å². The molecule has 5 nitrogen and oxygen atoms in total. The van der Waals surface area contributed by atoms with E-state index in [4.69, 9.17) is 4.74 Å². The van der Waals surface area contributed by atoms with Crippen LogP contribution in [0.1, 0.15) is 24.6 Å². The standard InChI is InChI=1S/C19H26N4O/c1-15-13-23(14-17-5-3-4-9-20-17)10-8-18(15)21-11-16-6-7-19(24-2)22-12-16/h3-7,9,12,15,18,21H,8,10-11,13-14H2,1-2H3/t15-,18+/m0/s1. The van der Waals surface area contributed by atoms with Crippen molar-refractivity contribution in [2.45, 2.75) is 32.5 Å². The Balaban J connectivity index is 1.46. The van der Waals surface area contributed by atoms with Crippen LogP contribution in [0.3, 0.4) is 0 Å². The summed E-state index contributed by atoms with van der Waals surface area (Å²) in [5.41, 5.74) is 2.35. The molecular weight excluding hydrogens is 300 g/mol. The molecule has 2 aromatic heterocycles. The summed E-state index contributed by atoms with van der Waals surface area (Å²) in [4.78, 5) is 11.2. The average molecular weight is 326 g/mol. The number of likely N-dealkylation sites (tertiary alicyclic amines) is 1. The number of aromatic nitrogens is 2. The van der Waals surface area contributed by atoms with Crippen molar-refractivity contribution in [2.24, 2.45) is 5.92 Å². The Labute approximate surface area is 144 Å². The molecule has 0 bridgehead atoms. The second kappa shape index (κ2) is 8.22. The molecule has 0 saturated carbocycles. The van der Waals surface area contributed by atoms with E-state index in [1.54, 1.807) is 7.11 Å². The van der Waals surface area contributed by atoms with Crippen LogP contribution in [0.15, 0.2) is 42.7 Å². The molecule has 2 atom stereocenters. The summed E-state index contributed by atoms with van der Waals surface area (Å²) in [5.74, 6) is 1.28. The van der Waals surface area contributed by atoms with Crippen LogP contribution in [0.25, 0.3) is 0 Å². The third-order valence-corrected chi connectivity index (χ3v) is 4.68. The van der Waals surface area contributed by atoms with Crippen molar-refractivity contribution in [3.8, 4) is 5.88 Å². The molecule has 3 heterocycles. The van der Waals surface area contributed by atoms with Crippen LogP contribution in [0, 0.1) is 5.92 Å². The molecule has 1 saturated heterocycles. The van der Waals surface area contributed by atoms with Gasteiger partial charge in [0.25, 0.3) is 0 Å². The van der Waals surface area contributed by atoms with Gasteiger partial charge in [-0.25, -0.2) is 4.98 Å². The molecule has 2 aromatic rings. The lowest BCUT2D eigenvalue weighted by molar-refractivity contribution is 0.139. The van der Waals surface area contributed by atoms with Crippen molar-refractivity contribution in [3.63, 3.8) is 0 Å². The Kier molecular flexibility index (Phi) is 5.77. The van der Waals surface area contributed by atoms with E-state index in [1.165, 1.54) is 5.56 Å². The highest BCUT2D eigenvalue weighted by atomic mass is 16.5. The highest BCUT2D eigenvalue weighted by molar-refractivity contribution is 5.17. The topological polar surface area (TPSA) is 50.3 Å². The fraction of sp³-hybridized carbons (Fsp3) is 0.474. The van der Waals surface area contributed by atoms with Gasteiger partial charge in [-0.1, -0.05) is 19.1 Å². The Morgan fingerprint density at radius 3 is 2.83 bits per heavy atom. The average Bonchev–Trinajstić information content (AvgIpc) is 2.62. The largest absolute Gasteiger partial charge is 0.481 e. The third kappa shape index (κ3) is 4.52. The molecule has 0 amide bonds. The molecule has 0 aromatic carbocycles. The van der Waals surface area contributed by atoms with E-state index in [9.17, 15) is 0 Å². The lowest BCUT2D eigenvalue weighted by atomic mass is 9.93. The van der Waals surface area contributed by atoms with E-state index >= 15 is 0 Å². The number of nitrogens with one attached hydrogen (secondary N) is 1. The van der Waals surface area contributed by atoms with E-state index in [-0.39, 0.29) is 0 Å². The number of hydrogen-bond acceptors (Lipinski definition) is 5. The molecule has 1 aliphatic heterocycles. The zero-order valence-electron chi connectivity index (χ0n) is 14.5. The highest BCUT2D eigenvalue weighted by Crippen LogP contribution is 2.19. The molecular formula is C19H26N4O. The number of nitrogens with zero attached hydrogens (tertiary/aromatic N) is 3. The number of piperidine rings is 1. The van der Waals surface area contributed by atoms with Gasteiger partial charge in [-0.05, 0) is 30.0 Å². The van der Waals surface area contributed by atoms with Gasteiger partial charge in [0.1, 0.15) is 0 Å². The summed E-state index contributed by atoms with van der Waals surface area (Å²) in [6.07, 6.45) is 4.92. The molecule has 0 aliphatic carbocycles. The smallest absolute Gasteiger partial charge is 0.212 e. The summed E-state index contributed by atoms with van der Waals surface area (Å²) in [6.45, 7) is 6.34. The SMILES string of the molecule is COc1ccc(CN[C@@H]2CCN(Cc3ccccn3)C[C@@H]2C)cn1.